The molecule has 0 saturated carbocycles. The van der Waals surface area contributed by atoms with Crippen molar-refractivity contribution in [2.24, 2.45) is 0 Å². The van der Waals surface area contributed by atoms with E-state index in [9.17, 15) is 0 Å². The SMILES string of the molecule is c1ccc(-c2cc(-c3ccc4c(c3)c3ccccc3n4-c3ccccc3)nc(-c3ccc(-c4c5ccccc5cc5c4ccc4ccccc45)cc3)n2)cc1. The van der Waals surface area contributed by atoms with Gasteiger partial charge in [-0.25, -0.2) is 9.97 Å². The van der Waals surface area contributed by atoms with Gasteiger partial charge in [0.2, 0.25) is 0 Å². The van der Waals surface area contributed by atoms with E-state index in [-0.39, 0.29) is 0 Å². The van der Waals surface area contributed by atoms with E-state index in [0.717, 1.165) is 33.8 Å². The third-order valence-corrected chi connectivity index (χ3v) is 11.0. The lowest BCUT2D eigenvalue weighted by Gasteiger charge is -2.15. The van der Waals surface area contributed by atoms with Crippen LogP contribution in [-0.4, -0.2) is 14.5 Å². The predicted octanol–water partition coefficient (Wildman–Crippen LogP) is 13.7. The Hall–Kier alpha value is -7.36. The molecule has 0 spiro atoms. The summed E-state index contributed by atoms with van der Waals surface area (Å²) in [5.74, 6) is 0.698. The van der Waals surface area contributed by atoms with Gasteiger partial charge in [0.1, 0.15) is 0 Å². The molecule has 9 aromatic carbocycles. The average Bonchev–Trinajstić information content (AvgIpc) is 3.60. The Morgan fingerprint density at radius 1 is 0.309 bits per heavy atom. The summed E-state index contributed by atoms with van der Waals surface area (Å²) in [4.78, 5) is 10.4. The number of aromatic nitrogens is 3. The van der Waals surface area contributed by atoms with Crippen LogP contribution in [0, 0.1) is 0 Å². The Balaban J connectivity index is 1.07. The summed E-state index contributed by atoms with van der Waals surface area (Å²) in [5.41, 5.74) is 10.8. The molecule has 11 rings (SSSR count). The largest absolute Gasteiger partial charge is 0.309 e. The van der Waals surface area contributed by atoms with Gasteiger partial charge in [-0.2, -0.15) is 0 Å². The maximum atomic E-state index is 5.27. The molecular formula is C52H33N3. The van der Waals surface area contributed by atoms with Crippen molar-refractivity contribution >= 4 is 54.1 Å². The van der Waals surface area contributed by atoms with Crippen LogP contribution in [0.25, 0.3) is 105 Å². The Morgan fingerprint density at radius 3 is 1.71 bits per heavy atom. The van der Waals surface area contributed by atoms with Crippen molar-refractivity contribution in [3.05, 3.63) is 200 Å². The zero-order valence-electron chi connectivity index (χ0n) is 29.9. The van der Waals surface area contributed by atoms with E-state index in [1.54, 1.807) is 0 Å². The Labute approximate surface area is 318 Å². The van der Waals surface area contributed by atoms with E-state index in [1.807, 2.05) is 6.07 Å². The highest BCUT2D eigenvalue weighted by Crippen LogP contribution is 2.40. The van der Waals surface area contributed by atoms with Crippen molar-refractivity contribution < 1.29 is 0 Å². The van der Waals surface area contributed by atoms with Crippen LogP contribution < -0.4 is 0 Å². The van der Waals surface area contributed by atoms with Crippen LogP contribution in [0.3, 0.4) is 0 Å². The van der Waals surface area contributed by atoms with Crippen molar-refractivity contribution in [2.75, 3.05) is 0 Å². The van der Waals surface area contributed by atoms with Gasteiger partial charge in [0.05, 0.1) is 22.4 Å². The van der Waals surface area contributed by atoms with E-state index < -0.39 is 0 Å². The second-order valence-corrected chi connectivity index (χ2v) is 14.2. The summed E-state index contributed by atoms with van der Waals surface area (Å²) in [7, 11) is 0. The standard InChI is InChI=1S/C52H33N3/c1-3-14-35(15-4-1)47-33-48(39-28-30-50-46(32-39)43-21-11-12-22-49(43)55(50)40-17-5-2-6-18-40)54-52(53-47)37-25-23-36(24-26-37)51-42-20-10-8-16-38(42)31-45-41-19-9-7-13-34(41)27-29-44(45)51/h1-33H. The molecule has 0 unspecified atom stereocenters. The molecule has 0 N–H and O–H groups in total. The molecule has 0 aliphatic rings. The Kier molecular flexibility index (Phi) is 7.17. The molecule has 3 nitrogen and oxygen atoms in total. The van der Waals surface area contributed by atoms with Crippen LogP contribution in [0.15, 0.2) is 200 Å². The first-order chi connectivity index (χ1) is 27.3. The highest BCUT2D eigenvalue weighted by molar-refractivity contribution is 6.20. The smallest absolute Gasteiger partial charge is 0.160 e. The summed E-state index contributed by atoms with van der Waals surface area (Å²) >= 11 is 0. The molecule has 2 aromatic heterocycles. The van der Waals surface area contributed by atoms with Crippen LogP contribution in [-0.2, 0) is 0 Å². The molecule has 0 fully saturated rings. The summed E-state index contributed by atoms with van der Waals surface area (Å²) in [6, 6.07) is 71.5. The Morgan fingerprint density at radius 2 is 0.909 bits per heavy atom. The first-order valence-corrected chi connectivity index (χ1v) is 18.7. The second kappa shape index (κ2) is 12.6. The van der Waals surface area contributed by atoms with E-state index in [0.29, 0.717) is 5.82 Å². The van der Waals surface area contributed by atoms with Crippen molar-refractivity contribution in [2.45, 2.75) is 0 Å². The normalized spacial score (nSPS) is 11.6. The van der Waals surface area contributed by atoms with Gasteiger partial charge in [0.25, 0.3) is 0 Å². The molecular weight excluding hydrogens is 667 g/mol. The number of para-hydroxylation sites is 2. The number of nitrogens with zero attached hydrogens (tertiary/aromatic N) is 3. The molecule has 0 saturated heterocycles. The third kappa shape index (κ3) is 5.20. The van der Waals surface area contributed by atoms with Crippen LogP contribution in [0.2, 0.25) is 0 Å². The van der Waals surface area contributed by atoms with E-state index in [1.165, 1.54) is 65.3 Å². The zero-order chi connectivity index (χ0) is 36.3. The maximum absolute atomic E-state index is 5.27. The van der Waals surface area contributed by atoms with E-state index >= 15 is 0 Å². The minimum atomic E-state index is 0.698. The fourth-order valence-corrected chi connectivity index (χ4v) is 8.39. The molecule has 0 bridgehead atoms. The average molecular weight is 700 g/mol. The van der Waals surface area contributed by atoms with E-state index in [4.69, 9.17) is 9.97 Å². The minimum absolute atomic E-state index is 0.698. The van der Waals surface area contributed by atoms with Crippen LogP contribution >= 0.6 is 0 Å². The van der Waals surface area contributed by atoms with Crippen LogP contribution in [0.1, 0.15) is 0 Å². The lowest BCUT2D eigenvalue weighted by atomic mass is 9.89. The first kappa shape index (κ1) is 31.2. The molecule has 256 valence electrons. The number of hydrogen-bond acceptors (Lipinski definition) is 2. The van der Waals surface area contributed by atoms with Crippen molar-refractivity contribution in [1.82, 2.24) is 14.5 Å². The lowest BCUT2D eigenvalue weighted by molar-refractivity contribution is 1.18. The van der Waals surface area contributed by atoms with Crippen molar-refractivity contribution in [3.8, 4) is 50.7 Å². The van der Waals surface area contributed by atoms with Gasteiger partial charge in [-0.05, 0) is 85.9 Å². The fourth-order valence-electron chi connectivity index (χ4n) is 8.39. The van der Waals surface area contributed by atoms with Crippen molar-refractivity contribution in [3.63, 3.8) is 0 Å². The molecule has 55 heavy (non-hydrogen) atoms. The van der Waals surface area contributed by atoms with Gasteiger partial charge in [-0.15, -0.1) is 0 Å². The third-order valence-electron chi connectivity index (χ3n) is 11.0. The summed E-state index contributed by atoms with van der Waals surface area (Å²) in [5, 5.41) is 9.92. The highest BCUT2D eigenvalue weighted by atomic mass is 15.0. The van der Waals surface area contributed by atoms with E-state index in [2.05, 4.69) is 199 Å². The van der Waals surface area contributed by atoms with Gasteiger partial charge >= 0.3 is 0 Å². The Bertz CT molecular complexity index is 3230. The van der Waals surface area contributed by atoms with Gasteiger partial charge in [0, 0.05) is 33.2 Å². The zero-order valence-corrected chi connectivity index (χ0v) is 29.9. The molecule has 0 aliphatic heterocycles. The maximum Gasteiger partial charge on any atom is 0.160 e. The summed E-state index contributed by atoms with van der Waals surface area (Å²) in [6.45, 7) is 0. The minimum Gasteiger partial charge on any atom is -0.309 e. The summed E-state index contributed by atoms with van der Waals surface area (Å²) < 4.78 is 2.35. The monoisotopic (exact) mass is 699 g/mol. The topological polar surface area (TPSA) is 30.7 Å². The van der Waals surface area contributed by atoms with Gasteiger partial charge in [-0.1, -0.05) is 158 Å². The fraction of sp³-hybridized carbons (Fsp3) is 0. The molecule has 0 radical (unpaired) electrons. The number of hydrogen-bond donors (Lipinski definition) is 0. The first-order valence-electron chi connectivity index (χ1n) is 18.7. The van der Waals surface area contributed by atoms with Crippen LogP contribution in [0.4, 0.5) is 0 Å². The molecule has 2 heterocycles. The molecule has 0 amide bonds. The second-order valence-electron chi connectivity index (χ2n) is 14.2. The van der Waals surface area contributed by atoms with Gasteiger partial charge < -0.3 is 4.57 Å². The van der Waals surface area contributed by atoms with Crippen molar-refractivity contribution in [1.29, 1.82) is 0 Å². The molecule has 3 heteroatoms. The summed E-state index contributed by atoms with van der Waals surface area (Å²) in [6.07, 6.45) is 0. The van der Waals surface area contributed by atoms with Gasteiger partial charge in [-0.3, -0.25) is 0 Å². The molecule has 0 aliphatic carbocycles. The highest BCUT2D eigenvalue weighted by Gasteiger charge is 2.17. The number of benzene rings is 9. The van der Waals surface area contributed by atoms with Crippen LogP contribution in [0.5, 0.6) is 0 Å². The predicted molar refractivity (Wildman–Crippen MR) is 231 cm³/mol. The molecule has 11 aromatic rings. The lowest BCUT2D eigenvalue weighted by Crippen LogP contribution is -1.96. The van der Waals surface area contributed by atoms with Gasteiger partial charge in [0.15, 0.2) is 5.82 Å². The molecule has 0 atom stereocenters. The number of fused-ring (bicyclic) bond motifs is 7. The number of rotatable bonds is 5. The quantitative estimate of drug-likeness (QED) is 0.132.